The second kappa shape index (κ2) is 6.38. The number of nitrogens with zero attached hydrogens (tertiary/aromatic N) is 1. The van der Waals surface area contributed by atoms with Crippen molar-refractivity contribution >= 4 is 0 Å². The lowest BCUT2D eigenvalue weighted by Gasteiger charge is -2.33. The topological polar surface area (TPSA) is 21.7 Å². The van der Waals surface area contributed by atoms with E-state index in [2.05, 4.69) is 11.8 Å². The van der Waals surface area contributed by atoms with Gasteiger partial charge in [-0.25, -0.2) is 0 Å². The van der Waals surface area contributed by atoms with Gasteiger partial charge in [0.2, 0.25) is 0 Å². The van der Waals surface area contributed by atoms with Crippen LogP contribution in [0.25, 0.3) is 0 Å². The highest BCUT2D eigenvalue weighted by molar-refractivity contribution is 4.73. The van der Waals surface area contributed by atoms with Crippen LogP contribution in [0.5, 0.6) is 0 Å². The summed E-state index contributed by atoms with van der Waals surface area (Å²) in [5.41, 5.74) is 0. The van der Waals surface area contributed by atoms with Crippen molar-refractivity contribution in [2.24, 2.45) is 5.92 Å². The average Bonchev–Trinajstić information content (AvgIpc) is 2.16. The molecule has 0 aromatic carbocycles. The van der Waals surface area contributed by atoms with Crippen molar-refractivity contribution in [1.82, 2.24) is 4.90 Å². The maximum atomic E-state index is 5.20. The molecule has 0 bridgehead atoms. The average molecular weight is 201 g/mol. The molecule has 1 aliphatic carbocycles. The number of methoxy groups -OCH3 is 2. The summed E-state index contributed by atoms with van der Waals surface area (Å²) in [6, 6.07) is 0. The van der Waals surface area contributed by atoms with Crippen LogP contribution in [0.2, 0.25) is 0 Å². The van der Waals surface area contributed by atoms with E-state index in [9.17, 15) is 0 Å². The van der Waals surface area contributed by atoms with Crippen LogP contribution in [-0.4, -0.2) is 45.0 Å². The minimum atomic E-state index is -0.0740. The molecule has 3 nitrogen and oxygen atoms in total. The first-order chi connectivity index (χ1) is 6.80. The minimum Gasteiger partial charge on any atom is -0.355 e. The van der Waals surface area contributed by atoms with Crippen molar-refractivity contribution in [2.75, 3.05) is 33.9 Å². The summed E-state index contributed by atoms with van der Waals surface area (Å²) in [6.07, 6.45) is 4.15. The molecule has 0 amide bonds. The number of likely N-dealkylation sites (N-methyl/N-ethyl adjacent to an activating group) is 1. The molecule has 1 rings (SSSR count). The van der Waals surface area contributed by atoms with Gasteiger partial charge in [0.1, 0.15) is 0 Å². The van der Waals surface area contributed by atoms with Gasteiger partial charge < -0.3 is 9.47 Å². The van der Waals surface area contributed by atoms with Crippen molar-refractivity contribution in [3.63, 3.8) is 0 Å². The van der Waals surface area contributed by atoms with E-state index >= 15 is 0 Å². The quantitative estimate of drug-likeness (QED) is 0.585. The fourth-order valence-electron chi connectivity index (χ4n) is 1.83. The third-order valence-electron chi connectivity index (χ3n) is 3.12. The molecule has 0 aromatic heterocycles. The van der Waals surface area contributed by atoms with E-state index in [1.54, 1.807) is 14.2 Å². The van der Waals surface area contributed by atoms with Crippen molar-refractivity contribution in [1.29, 1.82) is 0 Å². The van der Waals surface area contributed by atoms with E-state index in [-0.39, 0.29) is 6.29 Å². The lowest BCUT2D eigenvalue weighted by molar-refractivity contribution is -0.117. The Balaban J connectivity index is 2.21. The molecule has 0 aliphatic heterocycles. The normalized spacial score (nSPS) is 17.8. The summed E-state index contributed by atoms with van der Waals surface area (Å²) in [7, 11) is 3.40. The molecular weight excluding hydrogens is 178 g/mol. The largest absolute Gasteiger partial charge is 0.355 e. The monoisotopic (exact) mass is 201 g/mol. The highest BCUT2D eigenvalue weighted by Gasteiger charge is 2.21. The van der Waals surface area contributed by atoms with Gasteiger partial charge in [-0.05, 0) is 25.3 Å². The first-order valence-corrected chi connectivity index (χ1v) is 5.58. The third kappa shape index (κ3) is 3.56. The summed E-state index contributed by atoms with van der Waals surface area (Å²) in [5.74, 6) is 0.921. The van der Waals surface area contributed by atoms with E-state index in [0.717, 1.165) is 19.0 Å². The fourth-order valence-corrected chi connectivity index (χ4v) is 1.83. The van der Waals surface area contributed by atoms with Crippen LogP contribution in [0.3, 0.4) is 0 Å². The van der Waals surface area contributed by atoms with Gasteiger partial charge in [-0.1, -0.05) is 13.3 Å². The maximum Gasteiger partial charge on any atom is 0.169 e. The Kier molecular flexibility index (Phi) is 5.45. The first-order valence-electron chi connectivity index (χ1n) is 5.58. The van der Waals surface area contributed by atoms with Crippen molar-refractivity contribution in [3.05, 3.63) is 0 Å². The lowest BCUT2D eigenvalue weighted by Crippen LogP contribution is -2.39. The van der Waals surface area contributed by atoms with E-state index in [0.29, 0.717) is 0 Å². The van der Waals surface area contributed by atoms with Gasteiger partial charge in [0.15, 0.2) is 6.29 Å². The van der Waals surface area contributed by atoms with E-state index in [4.69, 9.17) is 9.47 Å². The molecule has 1 fully saturated rings. The van der Waals surface area contributed by atoms with E-state index in [1.807, 2.05) is 0 Å². The Morgan fingerprint density at radius 2 is 1.93 bits per heavy atom. The number of hydrogen-bond acceptors (Lipinski definition) is 3. The van der Waals surface area contributed by atoms with Gasteiger partial charge in [-0.3, -0.25) is 4.90 Å². The molecule has 0 saturated heterocycles. The summed E-state index contributed by atoms with van der Waals surface area (Å²) < 4.78 is 10.4. The van der Waals surface area contributed by atoms with E-state index in [1.165, 1.54) is 25.8 Å². The van der Waals surface area contributed by atoms with Gasteiger partial charge in [0.05, 0.1) is 0 Å². The van der Waals surface area contributed by atoms with Crippen molar-refractivity contribution in [2.45, 2.75) is 32.5 Å². The zero-order valence-electron chi connectivity index (χ0n) is 9.66. The third-order valence-corrected chi connectivity index (χ3v) is 3.12. The van der Waals surface area contributed by atoms with Gasteiger partial charge in [-0.2, -0.15) is 0 Å². The second-order valence-electron chi connectivity index (χ2n) is 4.05. The molecular formula is C11H23NO2. The molecule has 1 aliphatic rings. The molecule has 0 radical (unpaired) electrons. The fraction of sp³-hybridized carbons (Fsp3) is 1.00. The summed E-state index contributed by atoms with van der Waals surface area (Å²) >= 11 is 0. The Bertz CT molecular complexity index is 144. The molecule has 0 heterocycles. The predicted molar refractivity (Wildman–Crippen MR) is 57.3 cm³/mol. The Morgan fingerprint density at radius 3 is 2.29 bits per heavy atom. The maximum absolute atomic E-state index is 5.20. The lowest BCUT2D eigenvalue weighted by atomic mass is 9.85. The van der Waals surface area contributed by atoms with E-state index < -0.39 is 0 Å². The van der Waals surface area contributed by atoms with Crippen LogP contribution in [0, 0.1) is 5.92 Å². The summed E-state index contributed by atoms with van der Waals surface area (Å²) in [4.78, 5) is 2.42. The number of rotatable bonds is 7. The SMILES string of the molecule is CCN(CC1CCC1)CC(OC)OC. The number of ether oxygens (including phenoxy) is 2. The van der Waals surface area contributed by atoms with Crippen LogP contribution >= 0.6 is 0 Å². The molecule has 0 spiro atoms. The van der Waals surface area contributed by atoms with Gasteiger partial charge >= 0.3 is 0 Å². The molecule has 0 unspecified atom stereocenters. The molecule has 0 N–H and O–H groups in total. The number of hydrogen-bond donors (Lipinski definition) is 0. The Hall–Kier alpha value is -0.120. The summed E-state index contributed by atoms with van der Waals surface area (Å²) in [6.45, 7) is 5.38. The van der Waals surface area contributed by atoms with Crippen LogP contribution in [0.4, 0.5) is 0 Å². The highest BCUT2D eigenvalue weighted by atomic mass is 16.7. The molecule has 1 saturated carbocycles. The van der Waals surface area contributed by atoms with Crippen molar-refractivity contribution in [3.8, 4) is 0 Å². The molecule has 0 aromatic rings. The first kappa shape index (κ1) is 12.0. The summed E-state index contributed by atoms with van der Waals surface area (Å²) in [5, 5.41) is 0. The highest BCUT2D eigenvalue weighted by Crippen LogP contribution is 2.27. The van der Waals surface area contributed by atoms with Gasteiger partial charge in [-0.15, -0.1) is 0 Å². The molecule has 0 atom stereocenters. The van der Waals surface area contributed by atoms with Crippen LogP contribution in [0.1, 0.15) is 26.2 Å². The zero-order valence-corrected chi connectivity index (χ0v) is 9.66. The zero-order chi connectivity index (χ0) is 10.4. The minimum absolute atomic E-state index is 0.0740. The molecule has 14 heavy (non-hydrogen) atoms. The van der Waals surface area contributed by atoms with Crippen molar-refractivity contribution < 1.29 is 9.47 Å². The molecule has 3 heteroatoms. The van der Waals surface area contributed by atoms with Gasteiger partial charge in [0.25, 0.3) is 0 Å². The standard InChI is InChI=1S/C11H23NO2/c1-4-12(8-10-6-5-7-10)9-11(13-2)14-3/h10-11H,4-9H2,1-3H3. The smallest absolute Gasteiger partial charge is 0.169 e. The molecule has 84 valence electrons. The van der Waals surface area contributed by atoms with Crippen LogP contribution in [-0.2, 0) is 9.47 Å². The van der Waals surface area contributed by atoms with Gasteiger partial charge in [0, 0.05) is 27.3 Å². The Labute approximate surface area is 87.4 Å². The van der Waals surface area contributed by atoms with Crippen LogP contribution < -0.4 is 0 Å². The Morgan fingerprint density at radius 1 is 1.29 bits per heavy atom. The van der Waals surface area contributed by atoms with Crippen LogP contribution in [0.15, 0.2) is 0 Å². The second-order valence-corrected chi connectivity index (χ2v) is 4.05. The predicted octanol–water partition coefficient (Wildman–Crippen LogP) is 1.73.